The van der Waals surface area contributed by atoms with Crippen molar-refractivity contribution in [3.63, 3.8) is 0 Å². The molecule has 0 atom stereocenters. The van der Waals surface area contributed by atoms with Crippen LogP contribution in [0.5, 0.6) is 0 Å². The van der Waals surface area contributed by atoms with Gasteiger partial charge in [0, 0.05) is 32.2 Å². The fourth-order valence-corrected chi connectivity index (χ4v) is 2.86. The molecule has 0 aromatic carbocycles. The van der Waals surface area contributed by atoms with E-state index in [1.54, 1.807) is 0 Å². The Balaban J connectivity index is 1.69. The van der Waals surface area contributed by atoms with Crippen molar-refractivity contribution in [2.24, 2.45) is 0 Å². The lowest BCUT2D eigenvalue weighted by molar-refractivity contribution is -0.121. The lowest BCUT2D eigenvalue weighted by Crippen LogP contribution is -2.52. The molecule has 2 aliphatic rings. The first kappa shape index (κ1) is 15.2. The number of sulfonamides is 1. The molecule has 114 valence electrons. The maximum atomic E-state index is 11.7. The van der Waals surface area contributed by atoms with Gasteiger partial charge in [-0.2, -0.15) is 4.31 Å². The maximum Gasteiger partial charge on any atom is 0.321 e. The summed E-state index contributed by atoms with van der Waals surface area (Å²) in [5.74, 6) is -0.365. The molecule has 1 heterocycles. The van der Waals surface area contributed by atoms with E-state index in [1.807, 2.05) is 4.90 Å². The van der Waals surface area contributed by atoms with Crippen LogP contribution in [0, 0.1) is 0 Å². The van der Waals surface area contributed by atoms with Gasteiger partial charge in [0.05, 0.1) is 12.8 Å². The lowest BCUT2D eigenvalue weighted by Gasteiger charge is -2.32. The molecule has 1 aliphatic carbocycles. The highest BCUT2D eigenvalue weighted by molar-refractivity contribution is 7.88. The molecule has 1 saturated carbocycles. The molecule has 0 unspecified atom stereocenters. The van der Waals surface area contributed by atoms with Gasteiger partial charge in [-0.15, -0.1) is 0 Å². The first-order chi connectivity index (χ1) is 9.34. The van der Waals surface area contributed by atoms with Crippen molar-refractivity contribution in [3.05, 3.63) is 0 Å². The van der Waals surface area contributed by atoms with Gasteiger partial charge in [-0.05, 0) is 12.8 Å². The smallest absolute Gasteiger partial charge is 0.321 e. The molecule has 0 aromatic heterocycles. The normalized spacial score (nSPS) is 21.4. The van der Waals surface area contributed by atoms with Gasteiger partial charge in [0.2, 0.25) is 15.9 Å². The van der Waals surface area contributed by atoms with E-state index < -0.39 is 16.1 Å². The largest absolute Gasteiger partial charge is 0.335 e. The summed E-state index contributed by atoms with van der Waals surface area (Å²) in [7, 11) is -3.16. The Kier molecular flexibility index (Phi) is 4.61. The Bertz CT molecular complexity index is 481. The molecule has 2 fully saturated rings. The molecule has 0 radical (unpaired) electrons. The first-order valence-electron chi connectivity index (χ1n) is 6.62. The number of piperazine rings is 1. The van der Waals surface area contributed by atoms with Crippen LogP contribution in [0.15, 0.2) is 0 Å². The van der Waals surface area contributed by atoms with Crippen molar-refractivity contribution in [1.29, 1.82) is 0 Å². The molecule has 3 amide bonds. The highest BCUT2D eigenvalue weighted by Gasteiger charge is 2.26. The third kappa shape index (κ3) is 4.73. The van der Waals surface area contributed by atoms with Crippen molar-refractivity contribution in [3.8, 4) is 0 Å². The van der Waals surface area contributed by atoms with Gasteiger partial charge in [-0.25, -0.2) is 13.2 Å². The van der Waals surface area contributed by atoms with E-state index >= 15 is 0 Å². The van der Waals surface area contributed by atoms with Crippen LogP contribution in [0.1, 0.15) is 12.8 Å². The number of nitrogens with zero attached hydrogens (tertiary/aromatic N) is 2. The molecule has 0 spiro atoms. The number of imide groups is 1. The van der Waals surface area contributed by atoms with E-state index in [1.165, 1.54) is 10.6 Å². The van der Waals surface area contributed by atoms with Gasteiger partial charge in [-0.3, -0.25) is 15.0 Å². The minimum absolute atomic E-state index is 0.107. The Morgan fingerprint density at radius 2 is 1.75 bits per heavy atom. The van der Waals surface area contributed by atoms with E-state index in [0.717, 1.165) is 12.8 Å². The molecule has 8 nitrogen and oxygen atoms in total. The molecule has 2 N–H and O–H groups in total. The van der Waals surface area contributed by atoms with E-state index in [0.29, 0.717) is 26.2 Å². The van der Waals surface area contributed by atoms with E-state index in [9.17, 15) is 18.0 Å². The standard InChI is InChI=1S/C11H20N4O4S/c1-20(18,19)15-6-4-14(5-7-15)8-10(16)13-11(17)12-9-2-3-9/h9H,2-8H2,1H3,(H2,12,13,16,17). The van der Waals surface area contributed by atoms with Crippen molar-refractivity contribution in [2.75, 3.05) is 39.0 Å². The quantitative estimate of drug-likeness (QED) is 0.662. The fourth-order valence-electron chi connectivity index (χ4n) is 2.04. The second-order valence-corrected chi connectivity index (χ2v) is 7.22. The van der Waals surface area contributed by atoms with Crippen molar-refractivity contribution in [2.45, 2.75) is 18.9 Å². The summed E-state index contributed by atoms with van der Waals surface area (Å²) >= 11 is 0. The van der Waals surface area contributed by atoms with Crippen LogP contribution in [-0.4, -0.2) is 74.6 Å². The minimum Gasteiger partial charge on any atom is -0.335 e. The molecule has 9 heteroatoms. The highest BCUT2D eigenvalue weighted by Crippen LogP contribution is 2.18. The van der Waals surface area contributed by atoms with Gasteiger partial charge in [0.1, 0.15) is 0 Å². The van der Waals surface area contributed by atoms with Crippen LogP contribution in [-0.2, 0) is 14.8 Å². The number of rotatable bonds is 4. The van der Waals surface area contributed by atoms with Gasteiger partial charge in [-0.1, -0.05) is 0 Å². The second-order valence-electron chi connectivity index (χ2n) is 5.23. The second kappa shape index (κ2) is 6.06. The molecule has 1 saturated heterocycles. The molecular formula is C11H20N4O4S. The fraction of sp³-hybridized carbons (Fsp3) is 0.818. The third-order valence-corrected chi connectivity index (χ3v) is 4.64. The van der Waals surface area contributed by atoms with Gasteiger partial charge in [0.25, 0.3) is 0 Å². The molecule has 0 bridgehead atoms. The molecule has 20 heavy (non-hydrogen) atoms. The Labute approximate surface area is 118 Å². The van der Waals surface area contributed by atoms with Crippen LogP contribution in [0.25, 0.3) is 0 Å². The van der Waals surface area contributed by atoms with Crippen molar-refractivity contribution in [1.82, 2.24) is 19.8 Å². The molecular weight excluding hydrogens is 284 g/mol. The van der Waals surface area contributed by atoms with E-state index in [4.69, 9.17) is 0 Å². The molecule has 2 rings (SSSR count). The summed E-state index contributed by atoms with van der Waals surface area (Å²) in [5, 5.41) is 4.95. The predicted octanol–water partition coefficient (Wildman–Crippen LogP) is -1.45. The number of nitrogens with one attached hydrogen (secondary N) is 2. The Morgan fingerprint density at radius 1 is 1.15 bits per heavy atom. The van der Waals surface area contributed by atoms with Crippen LogP contribution >= 0.6 is 0 Å². The zero-order valence-electron chi connectivity index (χ0n) is 11.5. The summed E-state index contributed by atoms with van der Waals surface area (Å²) in [5.41, 5.74) is 0. The highest BCUT2D eigenvalue weighted by atomic mass is 32.2. The summed E-state index contributed by atoms with van der Waals surface area (Å²) < 4.78 is 24.1. The zero-order valence-corrected chi connectivity index (χ0v) is 12.3. The summed E-state index contributed by atoms with van der Waals surface area (Å²) in [6.07, 6.45) is 3.11. The number of hydrogen-bond acceptors (Lipinski definition) is 5. The van der Waals surface area contributed by atoms with Crippen LogP contribution in [0.4, 0.5) is 4.79 Å². The van der Waals surface area contributed by atoms with Crippen molar-refractivity contribution >= 4 is 22.0 Å². The SMILES string of the molecule is CS(=O)(=O)N1CCN(CC(=O)NC(=O)NC2CC2)CC1. The summed E-state index contributed by atoms with van der Waals surface area (Å²) in [4.78, 5) is 24.9. The number of carbonyl (C=O) groups is 2. The van der Waals surface area contributed by atoms with Gasteiger partial charge < -0.3 is 5.32 Å². The maximum absolute atomic E-state index is 11.7. The summed E-state index contributed by atoms with van der Waals surface area (Å²) in [6, 6.07) is -0.242. The average Bonchev–Trinajstić information content (AvgIpc) is 3.11. The van der Waals surface area contributed by atoms with Crippen molar-refractivity contribution < 1.29 is 18.0 Å². The summed E-state index contributed by atoms with van der Waals surface area (Å²) in [6.45, 7) is 1.84. The van der Waals surface area contributed by atoms with Crippen LogP contribution in [0.2, 0.25) is 0 Å². The topological polar surface area (TPSA) is 98.8 Å². The monoisotopic (exact) mass is 304 g/mol. The number of hydrogen-bond donors (Lipinski definition) is 2. The Morgan fingerprint density at radius 3 is 2.25 bits per heavy atom. The van der Waals surface area contributed by atoms with E-state index in [2.05, 4.69) is 10.6 Å². The number of amides is 3. The van der Waals surface area contributed by atoms with Crippen LogP contribution in [0.3, 0.4) is 0 Å². The first-order valence-corrected chi connectivity index (χ1v) is 8.47. The molecule has 0 aromatic rings. The van der Waals surface area contributed by atoms with Gasteiger partial charge in [0.15, 0.2) is 0 Å². The number of urea groups is 1. The molecule has 1 aliphatic heterocycles. The van der Waals surface area contributed by atoms with Crippen LogP contribution < -0.4 is 10.6 Å². The number of carbonyl (C=O) groups excluding carboxylic acids is 2. The minimum atomic E-state index is -3.16. The van der Waals surface area contributed by atoms with E-state index in [-0.39, 0.29) is 18.5 Å². The third-order valence-electron chi connectivity index (χ3n) is 3.33. The lowest BCUT2D eigenvalue weighted by atomic mass is 10.3. The average molecular weight is 304 g/mol. The Hall–Kier alpha value is -1.19. The van der Waals surface area contributed by atoms with Gasteiger partial charge >= 0.3 is 6.03 Å². The zero-order chi connectivity index (χ0) is 14.8. The predicted molar refractivity (Wildman–Crippen MR) is 72.6 cm³/mol.